The molecule has 1 fully saturated rings. The van der Waals surface area contributed by atoms with Gasteiger partial charge in [-0.1, -0.05) is 61.2 Å². The van der Waals surface area contributed by atoms with E-state index < -0.39 is 11.7 Å². The van der Waals surface area contributed by atoms with Crippen LogP contribution in [0.4, 0.5) is 4.39 Å². The van der Waals surface area contributed by atoms with Crippen LogP contribution in [0.15, 0.2) is 66.0 Å². The zero-order valence-corrected chi connectivity index (χ0v) is 28.7. The second kappa shape index (κ2) is 17.6. The minimum atomic E-state index is -0.651. The van der Waals surface area contributed by atoms with Gasteiger partial charge in [-0.3, -0.25) is 14.4 Å². The van der Waals surface area contributed by atoms with E-state index in [4.69, 9.17) is 4.74 Å². The number of nitrogens with one attached hydrogen (secondary N) is 1. The van der Waals surface area contributed by atoms with E-state index in [1.165, 1.54) is 27.5 Å². The summed E-state index contributed by atoms with van der Waals surface area (Å²) in [6.45, 7) is 7.38. The minimum Gasteiger partial charge on any atom is -0.520 e. The number of hydrogen-bond donors (Lipinski definition) is 1. The number of aryl methyl sites for hydroxylation is 1. The van der Waals surface area contributed by atoms with Gasteiger partial charge in [-0.2, -0.15) is 11.5 Å². The Morgan fingerprint density at radius 2 is 1.79 bits per heavy atom. The molecule has 0 saturated carbocycles. The average molecular weight is 886 g/mol. The molecule has 1 aliphatic rings. The molecule has 4 rings (SSSR count). The van der Waals surface area contributed by atoms with Crippen molar-refractivity contribution in [2.45, 2.75) is 26.2 Å². The van der Waals surface area contributed by atoms with Gasteiger partial charge in [0.1, 0.15) is 5.82 Å². The fourth-order valence-electron chi connectivity index (χ4n) is 5.33. The number of rotatable bonds is 14. The molecule has 12 heteroatoms. The van der Waals surface area contributed by atoms with Crippen LogP contribution in [0, 0.1) is 5.82 Å². The summed E-state index contributed by atoms with van der Waals surface area (Å²) < 4.78 is 20.5. The van der Waals surface area contributed by atoms with Crippen LogP contribution in [0.1, 0.15) is 40.5 Å². The standard InChI is InChI=1S/C35H39FN5O5.Fm/c1-3-9-29-28(4-2)34(44)38-37-32(29)23-27-13-14-31(36)30(22-27)35(45)41-17-15-40(16-18-41)33(43)24-39(25-42)19-21-46-20-8-12-26-10-6-5-7-11-26;/h3-7,9-11,13-14,22H,1,8,12,15-21,23-24H2,2H3,(H,38,44);/q-1;/b28-4+,29-9+;. The first-order valence-electron chi connectivity index (χ1n) is 15.3. The van der Waals surface area contributed by atoms with E-state index in [-0.39, 0.29) is 62.7 Å². The van der Waals surface area contributed by atoms with Gasteiger partial charge >= 0.3 is 0 Å². The largest absolute Gasteiger partial charge is 0.520 e. The summed E-state index contributed by atoms with van der Waals surface area (Å²) in [4.78, 5) is 54.2. The van der Waals surface area contributed by atoms with Crippen LogP contribution in [-0.4, -0.2) is 95.6 Å². The molecule has 0 radical (unpaired) electrons. The number of H-pyrrole nitrogens is 1. The van der Waals surface area contributed by atoms with Gasteiger partial charge in [0.2, 0.25) is 5.91 Å². The normalized spacial score (nSPS) is 13.7. The van der Waals surface area contributed by atoms with Gasteiger partial charge < -0.3 is 24.2 Å². The summed E-state index contributed by atoms with van der Waals surface area (Å²) >= 11 is 0. The number of benzene rings is 2. The van der Waals surface area contributed by atoms with Crippen molar-refractivity contribution in [1.82, 2.24) is 24.9 Å². The van der Waals surface area contributed by atoms with Gasteiger partial charge in [0.25, 0.3) is 11.5 Å². The Balaban J connectivity index is 0.00000600. The van der Waals surface area contributed by atoms with Crippen LogP contribution in [-0.2, 0) is 27.2 Å². The Kier molecular flexibility index (Phi) is 13.3. The van der Waals surface area contributed by atoms with Gasteiger partial charge in [-0.25, -0.2) is 9.49 Å². The number of aromatic nitrogens is 2. The number of allylic oxidation sites excluding steroid dienone is 1. The maximum atomic E-state index is 14.9. The Bertz CT molecular complexity index is 1710. The Morgan fingerprint density at radius 1 is 1.06 bits per heavy atom. The number of piperazine rings is 1. The fraction of sp³-hybridized carbons (Fsp3) is 0.343. The first-order chi connectivity index (χ1) is 22.3. The van der Waals surface area contributed by atoms with Gasteiger partial charge in [0, 0.05) is 56.2 Å². The van der Waals surface area contributed by atoms with E-state index in [0.29, 0.717) is 34.9 Å². The first-order valence-corrected chi connectivity index (χ1v) is 15.3. The first kappa shape index (κ1) is 35.6. The van der Waals surface area contributed by atoms with Crippen molar-refractivity contribution < 1.29 is 23.5 Å². The Hall–Kier alpha value is -5.90. The molecule has 3 aromatic rings. The molecule has 47 heavy (non-hydrogen) atoms. The average Bonchev–Trinajstić information content (AvgIpc) is 3.08. The molecule has 0 unspecified atom stereocenters. The van der Waals surface area contributed by atoms with Crippen molar-refractivity contribution in [3.8, 4) is 0 Å². The number of halogens is 1. The van der Waals surface area contributed by atoms with Gasteiger partial charge in [-0.15, -0.1) is 0 Å². The number of hydrogen-bond acceptors (Lipinski definition) is 6. The molecule has 3 amide bonds. The predicted molar refractivity (Wildman–Crippen MR) is 173 cm³/mol. The van der Waals surface area contributed by atoms with Crippen LogP contribution in [0.5, 0.6) is 0 Å². The number of aromatic amines is 1. The van der Waals surface area contributed by atoms with E-state index in [1.807, 2.05) is 18.2 Å². The number of carbonyl (C=O) groups is 2. The second-order valence-corrected chi connectivity index (χ2v) is 10.9. The molecular formula is C35H39FFmN5O5-. The van der Waals surface area contributed by atoms with Gasteiger partial charge in [0.15, 0.2) is 0 Å². The number of nitrogens with zero attached hydrogens (tertiary/aromatic N) is 4. The maximum absolute atomic E-state index is 14.9. The predicted octanol–water partition coefficient (Wildman–Crippen LogP) is 1.57. The molecule has 2 heterocycles. The molecule has 0 atom stereocenters. The number of ether oxygens (including phenoxy) is 1. The van der Waals surface area contributed by atoms with E-state index in [1.54, 1.807) is 42.5 Å². The van der Waals surface area contributed by atoms with Crippen molar-refractivity contribution in [2.75, 3.05) is 52.5 Å². The van der Waals surface area contributed by atoms with Crippen molar-refractivity contribution in [2.24, 2.45) is 0 Å². The van der Waals surface area contributed by atoms with E-state index in [0.717, 1.165) is 12.8 Å². The van der Waals surface area contributed by atoms with E-state index in [2.05, 4.69) is 28.9 Å². The topological polar surface area (TPSA) is 116 Å². The molecular weight excluding hydrogens is 846 g/mol. The fourth-order valence-corrected chi connectivity index (χ4v) is 5.33. The molecule has 1 saturated heterocycles. The van der Waals surface area contributed by atoms with Crippen LogP contribution < -0.4 is 16.0 Å². The summed E-state index contributed by atoms with van der Waals surface area (Å²) in [6, 6.07) is 14.4. The van der Waals surface area contributed by atoms with Crippen LogP contribution in [0.25, 0.3) is 12.2 Å². The Labute approximate surface area is 267 Å². The van der Waals surface area contributed by atoms with Crippen LogP contribution in [0.3, 0.4) is 0 Å². The summed E-state index contributed by atoms with van der Waals surface area (Å²) in [5.74, 6) is -1.38. The smallest absolute Gasteiger partial charge is 0.271 e. The summed E-state index contributed by atoms with van der Waals surface area (Å²) in [5, 5.41) is 7.73. The number of carbonyl (C=O) groups excluding carboxylic acids is 3. The van der Waals surface area contributed by atoms with Crippen LogP contribution >= 0.6 is 0 Å². The van der Waals surface area contributed by atoms with Crippen molar-refractivity contribution in [1.29, 1.82) is 0 Å². The zero-order valence-electron chi connectivity index (χ0n) is 26.3. The maximum Gasteiger partial charge on any atom is 0.271 e. The third-order valence-corrected chi connectivity index (χ3v) is 7.82. The molecule has 1 N–H and O–H groups in total. The van der Waals surface area contributed by atoms with Gasteiger partial charge in [0.05, 0.1) is 24.4 Å². The molecule has 254 valence electrons. The minimum absolute atomic E-state index is 0. The monoisotopic (exact) mass is 885 g/mol. The van der Waals surface area contributed by atoms with Gasteiger partial charge in [-0.05, 0) is 43.0 Å². The molecule has 2 aromatic carbocycles. The van der Waals surface area contributed by atoms with Crippen molar-refractivity contribution in [3.63, 3.8) is 0 Å². The number of amides is 3. The summed E-state index contributed by atoms with van der Waals surface area (Å²) in [7, 11) is 0. The molecule has 0 aliphatic carbocycles. The van der Waals surface area contributed by atoms with Crippen molar-refractivity contribution >= 4 is 30.4 Å². The molecule has 0 spiro atoms. The zero-order chi connectivity index (χ0) is 32.9. The molecule has 1 aliphatic heterocycles. The summed E-state index contributed by atoms with van der Waals surface area (Å²) in [6.07, 6.45) is 8.75. The van der Waals surface area contributed by atoms with E-state index in [9.17, 15) is 23.6 Å². The Morgan fingerprint density at radius 3 is 2.47 bits per heavy atom. The SMILES string of the molecule is C=C/C=c1/c(Cc2ccc(F)c(C(=O)N3CCN(C(=O)CN([C-]=O)CCOCCCc4ccccc4)CC3)c2)n[nH]c(=O)/c1=C/C.[Fm]. The molecule has 1 aromatic heterocycles. The second-order valence-electron chi connectivity index (χ2n) is 10.9. The third-order valence-electron chi connectivity index (χ3n) is 7.82. The molecule has 0 bridgehead atoms. The third kappa shape index (κ3) is 9.54. The quantitative estimate of drug-likeness (QED) is 0.150. The molecule has 10 nitrogen and oxygen atoms in total. The van der Waals surface area contributed by atoms with Crippen LogP contribution in [0.2, 0.25) is 0 Å². The van der Waals surface area contributed by atoms with Crippen molar-refractivity contribution in [3.05, 3.63) is 110 Å². The van der Waals surface area contributed by atoms with E-state index >= 15 is 0 Å². The summed E-state index contributed by atoms with van der Waals surface area (Å²) in [5.41, 5.74) is 2.03.